The Morgan fingerprint density at radius 2 is 1.90 bits per heavy atom. The summed E-state index contributed by atoms with van der Waals surface area (Å²) in [5.41, 5.74) is 0.888. The van der Waals surface area contributed by atoms with Crippen LogP contribution in [0.2, 0.25) is 0 Å². The third-order valence-electron chi connectivity index (χ3n) is 11.3. The van der Waals surface area contributed by atoms with E-state index in [2.05, 4.69) is 44.0 Å². The monoisotopic (exact) mass is 579 g/mol. The van der Waals surface area contributed by atoms with Crippen molar-refractivity contribution in [3.05, 3.63) is 70.9 Å². The smallest absolute Gasteiger partial charge is 0.145 e. The highest BCUT2D eigenvalue weighted by Gasteiger charge is 2.78. The number of allylic oxidation sites excluding steroid dienone is 10. The van der Waals surface area contributed by atoms with Crippen LogP contribution in [-0.2, 0) is 4.79 Å². The van der Waals surface area contributed by atoms with Crippen molar-refractivity contribution in [1.82, 2.24) is 5.32 Å². The fraction of sp³-hybridized carbons (Fsp3) is 0.639. The number of aliphatic hydroxyl groups is 4. The molecule has 7 atom stereocenters. The maximum absolute atomic E-state index is 13.1. The summed E-state index contributed by atoms with van der Waals surface area (Å²) in [5.74, 6) is -0.698. The van der Waals surface area contributed by atoms with Gasteiger partial charge in [-0.3, -0.25) is 4.79 Å². The normalized spacial score (nSPS) is 38.4. The fourth-order valence-corrected chi connectivity index (χ4v) is 9.51. The molecular weight excluding hydrogens is 526 g/mol. The molecule has 232 valence electrons. The molecule has 0 heterocycles. The molecule has 0 aromatic heterocycles. The Morgan fingerprint density at radius 1 is 1.14 bits per heavy atom. The third kappa shape index (κ3) is 5.28. The van der Waals surface area contributed by atoms with Crippen LogP contribution in [0.15, 0.2) is 70.9 Å². The third-order valence-corrected chi connectivity index (χ3v) is 11.3. The van der Waals surface area contributed by atoms with Gasteiger partial charge in [-0.1, -0.05) is 59.8 Å². The summed E-state index contributed by atoms with van der Waals surface area (Å²) in [6, 6.07) is 0. The van der Waals surface area contributed by atoms with Gasteiger partial charge in [-0.15, -0.1) is 0 Å². The average molecular weight is 580 g/mol. The van der Waals surface area contributed by atoms with Crippen LogP contribution in [0.5, 0.6) is 0 Å². The highest BCUT2D eigenvalue weighted by Crippen LogP contribution is 2.77. The van der Waals surface area contributed by atoms with E-state index in [0.29, 0.717) is 57.1 Å². The van der Waals surface area contributed by atoms with Gasteiger partial charge in [0.1, 0.15) is 6.29 Å². The second-order valence-electron chi connectivity index (χ2n) is 13.7. The Balaban J connectivity index is 1.82. The second-order valence-corrected chi connectivity index (χ2v) is 13.7. The molecule has 6 heteroatoms. The van der Waals surface area contributed by atoms with Crippen LogP contribution >= 0.6 is 0 Å². The molecule has 42 heavy (non-hydrogen) atoms. The molecule has 0 aliphatic heterocycles. The molecule has 0 aromatic rings. The summed E-state index contributed by atoms with van der Waals surface area (Å²) >= 11 is 0. The van der Waals surface area contributed by atoms with Crippen LogP contribution in [0.1, 0.15) is 78.6 Å². The minimum absolute atomic E-state index is 0.00407. The van der Waals surface area contributed by atoms with E-state index >= 15 is 0 Å². The number of carbonyl (C=O) groups is 1. The number of rotatable bonds is 13. The van der Waals surface area contributed by atoms with E-state index in [9.17, 15) is 25.2 Å². The molecule has 6 nitrogen and oxygen atoms in total. The topological polar surface area (TPSA) is 110 Å². The molecule has 5 N–H and O–H groups in total. The van der Waals surface area contributed by atoms with Crippen molar-refractivity contribution >= 4 is 6.29 Å². The number of carbonyl (C=O) groups excluding carboxylic acids is 1. The summed E-state index contributed by atoms with van der Waals surface area (Å²) in [7, 11) is 1.87. The molecule has 3 saturated carbocycles. The van der Waals surface area contributed by atoms with Gasteiger partial charge >= 0.3 is 0 Å². The lowest BCUT2D eigenvalue weighted by Crippen LogP contribution is -2.73. The lowest BCUT2D eigenvalue weighted by Gasteiger charge is -2.70. The summed E-state index contributed by atoms with van der Waals surface area (Å²) in [6.07, 6.45) is 18.9. The first-order chi connectivity index (χ1) is 20.0. The molecule has 0 radical (unpaired) electrons. The highest BCUT2D eigenvalue weighted by molar-refractivity contribution is 5.75. The molecule has 4 rings (SSSR count). The van der Waals surface area contributed by atoms with E-state index < -0.39 is 22.0 Å². The van der Waals surface area contributed by atoms with Gasteiger partial charge in [0.05, 0.1) is 17.8 Å². The van der Waals surface area contributed by atoms with E-state index in [1.54, 1.807) is 0 Å². The van der Waals surface area contributed by atoms with Gasteiger partial charge in [-0.05, 0) is 109 Å². The number of nitrogens with one attached hydrogen (secondary N) is 1. The Bertz CT molecular complexity index is 1190. The van der Waals surface area contributed by atoms with Crippen molar-refractivity contribution in [2.45, 2.75) is 89.8 Å². The molecule has 4 aliphatic carbocycles. The van der Waals surface area contributed by atoms with Crippen LogP contribution in [0.4, 0.5) is 0 Å². The van der Waals surface area contributed by atoms with Crippen molar-refractivity contribution in [1.29, 1.82) is 0 Å². The SMILES string of the molecule is C=C(C=CC=C(CO)C1CCC23C4C(=C(C)C=O)C(C=CC4(CCO)CCC12O)CC3(O)CCNC)CCC=C(C)C. The summed E-state index contributed by atoms with van der Waals surface area (Å²) in [6.45, 7) is 10.6. The molecular formula is C36H53NO5. The second kappa shape index (κ2) is 12.9. The number of fused-ring (bicyclic) bond motifs is 1. The zero-order chi connectivity index (χ0) is 30.8. The van der Waals surface area contributed by atoms with Crippen LogP contribution < -0.4 is 5.32 Å². The highest BCUT2D eigenvalue weighted by atomic mass is 16.3. The van der Waals surface area contributed by atoms with Crippen LogP contribution in [-0.4, -0.2) is 64.7 Å². The zero-order valence-electron chi connectivity index (χ0n) is 26.2. The lowest BCUT2D eigenvalue weighted by molar-refractivity contribution is -0.270. The Morgan fingerprint density at radius 3 is 2.55 bits per heavy atom. The predicted molar refractivity (Wildman–Crippen MR) is 169 cm³/mol. The van der Waals surface area contributed by atoms with E-state index in [-0.39, 0.29) is 31.0 Å². The molecule has 1 spiro atoms. The Labute approximate surface area is 252 Å². The van der Waals surface area contributed by atoms with Crippen molar-refractivity contribution in [2.75, 3.05) is 26.8 Å². The standard InChI is InChI=1S/C36H53NO5/c1-25(2)8-6-9-26(3)10-7-11-29(24-40)30-13-15-35-32-31(27(4)23-39)28(22-34(35,41)18-20-37-5)12-14-33(32,19-21-38)16-17-36(30,35)42/h7-8,10-12,14,23,28,30,32,37-38,40-42H,3,6,9,13,15-22,24H2,1-2,4-5H3. The summed E-state index contributed by atoms with van der Waals surface area (Å²) in [5, 5.41) is 50.0. The van der Waals surface area contributed by atoms with Gasteiger partial charge < -0.3 is 25.7 Å². The first-order valence-corrected chi connectivity index (χ1v) is 15.8. The minimum atomic E-state index is -1.29. The Kier molecular flexibility index (Phi) is 10.1. The minimum Gasteiger partial charge on any atom is -0.396 e. The maximum Gasteiger partial charge on any atom is 0.145 e. The van der Waals surface area contributed by atoms with Gasteiger partial charge in [-0.25, -0.2) is 0 Å². The number of aldehydes is 1. The summed E-state index contributed by atoms with van der Waals surface area (Å²) < 4.78 is 0. The molecule has 0 saturated heterocycles. The van der Waals surface area contributed by atoms with Crippen molar-refractivity contribution in [3.63, 3.8) is 0 Å². The number of hydrogen-bond donors (Lipinski definition) is 5. The van der Waals surface area contributed by atoms with E-state index in [1.165, 1.54) is 5.57 Å². The largest absolute Gasteiger partial charge is 0.396 e. The predicted octanol–water partition coefficient (Wildman–Crippen LogP) is 5.12. The van der Waals surface area contributed by atoms with E-state index in [1.807, 2.05) is 32.2 Å². The van der Waals surface area contributed by atoms with Gasteiger partial charge in [-0.2, -0.15) is 0 Å². The van der Waals surface area contributed by atoms with Gasteiger partial charge in [0.15, 0.2) is 0 Å². The van der Waals surface area contributed by atoms with Crippen LogP contribution in [0, 0.1) is 28.6 Å². The molecule has 2 bridgehead atoms. The first-order valence-electron chi connectivity index (χ1n) is 15.8. The quantitative estimate of drug-likeness (QED) is 0.0897. The number of hydrogen-bond acceptors (Lipinski definition) is 6. The number of aliphatic hydroxyl groups excluding tert-OH is 2. The van der Waals surface area contributed by atoms with Crippen molar-refractivity contribution < 1.29 is 25.2 Å². The van der Waals surface area contributed by atoms with E-state index in [4.69, 9.17) is 0 Å². The first kappa shape index (κ1) is 32.8. The van der Waals surface area contributed by atoms with Gasteiger partial charge in [0, 0.05) is 29.8 Å². The van der Waals surface area contributed by atoms with Crippen LogP contribution in [0.3, 0.4) is 0 Å². The molecule has 0 aromatic carbocycles. The summed E-state index contributed by atoms with van der Waals surface area (Å²) in [4.78, 5) is 12.3. The van der Waals surface area contributed by atoms with Gasteiger partial charge in [0.25, 0.3) is 0 Å². The van der Waals surface area contributed by atoms with Crippen molar-refractivity contribution in [3.8, 4) is 0 Å². The fourth-order valence-electron chi connectivity index (χ4n) is 9.51. The van der Waals surface area contributed by atoms with Crippen LogP contribution in [0.25, 0.3) is 0 Å². The Hall–Kier alpha value is -2.09. The average Bonchev–Trinajstić information content (AvgIpc) is 3.27. The lowest BCUT2D eigenvalue weighted by atomic mass is 9.35. The molecule has 7 unspecified atom stereocenters. The molecule has 0 amide bonds. The molecule has 3 fully saturated rings. The maximum atomic E-state index is 13.1. The van der Waals surface area contributed by atoms with Crippen molar-refractivity contribution in [2.24, 2.45) is 28.6 Å². The zero-order valence-corrected chi connectivity index (χ0v) is 26.2. The molecule has 4 aliphatic rings. The van der Waals surface area contributed by atoms with Gasteiger partial charge in [0.2, 0.25) is 0 Å². The van der Waals surface area contributed by atoms with E-state index in [0.717, 1.165) is 35.8 Å².